The monoisotopic (exact) mass is 343 g/mol. The van der Waals surface area contributed by atoms with E-state index in [9.17, 15) is 14.3 Å². The number of nitrogens with one attached hydrogen (secondary N) is 1. The van der Waals surface area contributed by atoms with Crippen molar-refractivity contribution in [3.8, 4) is 0 Å². The average molecular weight is 343 g/mol. The zero-order valence-electron chi connectivity index (χ0n) is 14.1. The molecule has 2 N–H and O–H groups in total. The molecule has 0 radical (unpaired) electrons. The average Bonchev–Trinajstić information content (AvgIpc) is 3.45. The van der Waals surface area contributed by atoms with Crippen LogP contribution in [-0.4, -0.2) is 33.6 Å². The van der Waals surface area contributed by atoms with Crippen molar-refractivity contribution in [3.63, 3.8) is 0 Å². The SMILES string of the molecule is CC(NC(=O)N(CC(O)c1ccc(F)cc1)C1CC1)c1ccncc1. The first kappa shape index (κ1) is 17.4. The third-order valence-electron chi connectivity index (χ3n) is 4.42. The van der Waals surface area contributed by atoms with Gasteiger partial charge < -0.3 is 15.3 Å². The summed E-state index contributed by atoms with van der Waals surface area (Å²) in [6.45, 7) is 2.10. The number of carbonyl (C=O) groups excluding carboxylic acids is 1. The van der Waals surface area contributed by atoms with Gasteiger partial charge >= 0.3 is 6.03 Å². The fraction of sp³-hybridized carbons (Fsp3) is 0.368. The van der Waals surface area contributed by atoms with E-state index in [0.717, 1.165) is 18.4 Å². The fourth-order valence-corrected chi connectivity index (χ4v) is 2.76. The Balaban J connectivity index is 1.64. The van der Waals surface area contributed by atoms with Crippen molar-refractivity contribution in [3.05, 3.63) is 65.7 Å². The molecule has 132 valence electrons. The topological polar surface area (TPSA) is 65.5 Å². The standard InChI is InChI=1S/C19H22FN3O2/c1-13(14-8-10-21-11-9-14)22-19(25)23(17-6-7-17)12-18(24)15-2-4-16(20)5-3-15/h2-5,8-11,13,17-18,24H,6-7,12H2,1H3,(H,22,25). The van der Waals surface area contributed by atoms with Crippen molar-refractivity contribution in [1.82, 2.24) is 15.2 Å². The molecule has 0 bridgehead atoms. The Morgan fingerprint density at radius 3 is 2.48 bits per heavy atom. The Bertz CT molecular complexity index is 704. The molecule has 1 fully saturated rings. The van der Waals surface area contributed by atoms with Crippen LogP contribution >= 0.6 is 0 Å². The third kappa shape index (κ3) is 4.54. The molecule has 2 amide bonds. The molecule has 1 aliphatic carbocycles. The number of aromatic nitrogens is 1. The number of hydrogen-bond donors (Lipinski definition) is 2. The van der Waals surface area contributed by atoms with Gasteiger partial charge in [-0.15, -0.1) is 0 Å². The van der Waals surface area contributed by atoms with E-state index in [-0.39, 0.29) is 30.5 Å². The van der Waals surface area contributed by atoms with E-state index in [4.69, 9.17) is 0 Å². The number of aliphatic hydroxyl groups excluding tert-OH is 1. The zero-order chi connectivity index (χ0) is 17.8. The summed E-state index contributed by atoms with van der Waals surface area (Å²) in [6.07, 6.45) is 4.41. The van der Waals surface area contributed by atoms with Crippen molar-refractivity contribution in [1.29, 1.82) is 0 Å². The molecule has 6 heteroatoms. The third-order valence-corrected chi connectivity index (χ3v) is 4.42. The van der Waals surface area contributed by atoms with E-state index in [0.29, 0.717) is 5.56 Å². The quantitative estimate of drug-likeness (QED) is 0.846. The maximum absolute atomic E-state index is 13.0. The second-order valence-electron chi connectivity index (χ2n) is 6.40. The van der Waals surface area contributed by atoms with Gasteiger partial charge in [0.25, 0.3) is 0 Å². The summed E-state index contributed by atoms with van der Waals surface area (Å²) in [6, 6.07) is 9.23. The number of rotatable bonds is 6. The zero-order valence-corrected chi connectivity index (χ0v) is 14.1. The van der Waals surface area contributed by atoms with Gasteiger partial charge in [0.05, 0.1) is 18.7 Å². The largest absolute Gasteiger partial charge is 0.387 e. The molecular formula is C19H22FN3O2. The van der Waals surface area contributed by atoms with E-state index in [1.165, 1.54) is 12.1 Å². The number of benzene rings is 1. The maximum atomic E-state index is 13.0. The Morgan fingerprint density at radius 2 is 1.88 bits per heavy atom. The lowest BCUT2D eigenvalue weighted by atomic mass is 10.1. The fourth-order valence-electron chi connectivity index (χ4n) is 2.76. The number of pyridine rings is 1. The Kier molecular flexibility index (Phi) is 5.28. The van der Waals surface area contributed by atoms with Crippen LogP contribution in [-0.2, 0) is 0 Å². The lowest BCUT2D eigenvalue weighted by molar-refractivity contribution is 0.116. The van der Waals surface area contributed by atoms with Crippen molar-refractivity contribution in [2.75, 3.05) is 6.54 Å². The molecule has 2 aromatic rings. The first-order chi connectivity index (χ1) is 12.0. The highest BCUT2D eigenvalue weighted by Crippen LogP contribution is 2.29. The first-order valence-electron chi connectivity index (χ1n) is 8.45. The highest BCUT2D eigenvalue weighted by Gasteiger charge is 2.34. The maximum Gasteiger partial charge on any atom is 0.318 e. The highest BCUT2D eigenvalue weighted by molar-refractivity contribution is 5.75. The minimum Gasteiger partial charge on any atom is -0.387 e. The second kappa shape index (κ2) is 7.61. The van der Waals surface area contributed by atoms with Crippen LogP contribution in [0.5, 0.6) is 0 Å². The number of halogens is 1. The van der Waals surface area contributed by atoms with Crippen molar-refractivity contribution < 1.29 is 14.3 Å². The van der Waals surface area contributed by atoms with Crippen LogP contribution in [0.3, 0.4) is 0 Å². The van der Waals surface area contributed by atoms with Gasteiger partial charge in [-0.1, -0.05) is 12.1 Å². The molecule has 2 unspecified atom stereocenters. The molecular weight excluding hydrogens is 321 g/mol. The van der Waals surface area contributed by atoms with Gasteiger partial charge in [-0.25, -0.2) is 9.18 Å². The number of urea groups is 1. The van der Waals surface area contributed by atoms with Gasteiger partial charge in [-0.05, 0) is 55.2 Å². The van der Waals surface area contributed by atoms with Crippen molar-refractivity contribution in [2.24, 2.45) is 0 Å². The van der Waals surface area contributed by atoms with Gasteiger partial charge in [0.15, 0.2) is 0 Å². The van der Waals surface area contributed by atoms with E-state index in [1.54, 1.807) is 29.4 Å². The van der Waals surface area contributed by atoms with Crippen LogP contribution in [0.15, 0.2) is 48.8 Å². The van der Waals surface area contributed by atoms with Crippen LogP contribution < -0.4 is 5.32 Å². The van der Waals surface area contributed by atoms with Crippen LogP contribution in [0.25, 0.3) is 0 Å². The molecule has 5 nitrogen and oxygen atoms in total. The van der Waals surface area contributed by atoms with Gasteiger partial charge in [-0.3, -0.25) is 4.98 Å². The van der Waals surface area contributed by atoms with E-state index in [2.05, 4.69) is 10.3 Å². The summed E-state index contributed by atoms with van der Waals surface area (Å²) in [7, 11) is 0. The van der Waals surface area contributed by atoms with Crippen molar-refractivity contribution in [2.45, 2.75) is 38.0 Å². The second-order valence-corrected chi connectivity index (χ2v) is 6.40. The highest BCUT2D eigenvalue weighted by atomic mass is 19.1. The molecule has 1 aromatic heterocycles. The van der Waals surface area contributed by atoms with Gasteiger partial charge in [0.1, 0.15) is 5.82 Å². The van der Waals surface area contributed by atoms with Crippen LogP contribution in [0.1, 0.15) is 43.0 Å². The van der Waals surface area contributed by atoms with Gasteiger partial charge in [0, 0.05) is 18.4 Å². The molecule has 3 rings (SSSR count). The summed E-state index contributed by atoms with van der Waals surface area (Å²) >= 11 is 0. The summed E-state index contributed by atoms with van der Waals surface area (Å²) < 4.78 is 13.0. The molecule has 1 heterocycles. The number of aliphatic hydroxyl groups is 1. The van der Waals surface area contributed by atoms with E-state index in [1.807, 2.05) is 19.1 Å². The summed E-state index contributed by atoms with van der Waals surface area (Å²) in [5.74, 6) is -0.348. The van der Waals surface area contributed by atoms with Crippen LogP contribution in [0, 0.1) is 5.82 Å². The molecule has 0 spiro atoms. The van der Waals surface area contributed by atoms with Gasteiger partial charge in [-0.2, -0.15) is 0 Å². The van der Waals surface area contributed by atoms with Crippen LogP contribution in [0.4, 0.5) is 9.18 Å². The number of nitrogens with zero attached hydrogens (tertiary/aromatic N) is 2. The van der Waals surface area contributed by atoms with E-state index >= 15 is 0 Å². The molecule has 0 aliphatic heterocycles. The van der Waals surface area contributed by atoms with Crippen LogP contribution in [0.2, 0.25) is 0 Å². The molecule has 1 aliphatic rings. The molecule has 1 aromatic carbocycles. The Labute approximate surface area is 146 Å². The molecule has 2 atom stereocenters. The normalized spacial score (nSPS) is 16.1. The number of hydrogen-bond acceptors (Lipinski definition) is 3. The summed E-state index contributed by atoms with van der Waals surface area (Å²) in [5, 5.41) is 13.4. The van der Waals surface area contributed by atoms with Gasteiger partial charge in [0.2, 0.25) is 0 Å². The minimum atomic E-state index is -0.844. The summed E-state index contributed by atoms with van der Waals surface area (Å²) in [5.41, 5.74) is 1.57. The molecule has 0 saturated heterocycles. The lowest BCUT2D eigenvalue weighted by Crippen LogP contribution is -2.44. The Hall–Kier alpha value is -2.47. The molecule has 25 heavy (non-hydrogen) atoms. The molecule has 1 saturated carbocycles. The number of carbonyl (C=O) groups is 1. The summed E-state index contributed by atoms with van der Waals surface area (Å²) in [4.78, 5) is 18.3. The predicted molar refractivity (Wildman–Crippen MR) is 92.3 cm³/mol. The number of amides is 2. The smallest absolute Gasteiger partial charge is 0.318 e. The van der Waals surface area contributed by atoms with E-state index < -0.39 is 6.10 Å². The van der Waals surface area contributed by atoms with Crippen molar-refractivity contribution >= 4 is 6.03 Å². The predicted octanol–water partition coefficient (Wildman–Crippen LogP) is 3.19. The minimum absolute atomic E-state index is 0.153. The lowest BCUT2D eigenvalue weighted by Gasteiger charge is -2.27. The first-order valence-corrected chi connectivity index (χ1v) is 8.45. The Morgan fingerprint density at radius 1 is 1.24 bits per heavy atom.